The van der Waals surface area contributed by atoms with E-state index in [4.69, 9.17) is 0 Å². The highest BCUT2D eigenvalue weighted by molar-refractivity contribution is 6.07. The Bertz CT molecular complexity index is 912. The second kappa shape index (κ2) is 8.20. The lowest BCUT2D eigenvalue weighted by atomic mass is 10.1. The zero-order valence-electron chi connectivity index (χ0n) is 14.7. The van der Waals surface area contributed by atoms with Crippen molar-refractivity contribution in [3.8, 4) is 0 Å². The van der Waals surface area contributed by atoms with Crippen molar-refractivity contribution in [3.05, 3.63) is 48.5 Å². The third kappa shape index (κ3) is 4.27. The summed E-state index contributed by atoms with van der Waals surface area (Å²) >= 11 is 0. The molecule has 3 rings (SSSR count). The number of para-hydroxylation sites is 2. The van der Waals surface area contributed by atoms with Crippen LogP contribution in [0.3, 0.4) is 0 Å². The Morgan fingerprint density at radius 1 is 1.00 bits per heavy atom. The first-order chi connectivity index (χ1) is 13.0. The van der Waals surface area contributed by atoms with E-state index in [-0.39, 0.29) is 19.4 Å². The zero-order chi connectivity index (χ0) is 19.4. The summed E-state index contributed by atoms with van der Waals surface area (Å²) in [6, 6.07) is 14.8. The Morgan fingerprint density at radius 2 is 1.56 bits per heavy atom. The second-order valence-electron chi connectivity index (χ2n) is 6.61. The molecule has 0 radical (unpaired) electrons. The van der Waals surface area contributed by atoms with Crippen molar-refractivity contribution in [2.45, 2.75) is 31.5 Å². The molecule has 0 saturated heterocycles. The summed E-state index contributed by atoms with van der Waals surface area (Å²) in [6.45, 7) is 0.414. The number of aliphatic carboxylic acids is 2. The number of aliphatic hydroxyl groups excluding tert-OH is 1. The highest BCUT2D eigenvalue weighted by atomic mass is 16.4. The minimum atomic E-state index is -1.35. The fraction of sp³-hybridized carbons (Fsp3) is 0.300. The van der Waals surface area contributed by atoms with Gasteiger partial charge in [-0.3, -0.25) is 0 Å². The standard InChI is InChI=1S/C20H22N2O5/c23-13(11-21-16(20(26)27)9-10-19(24)25)12-22-17-7-3-1-5-14(17)15-6-2-4-8-18(15)22/h1-8,13,16,21,23H,9-12H2,(H,24,25)(H,26,27)/p-1/t13-,16-/m1/s1. The van der Waals surface area contributed by atoms with Crippen LogP contribution in [0.25, 0.3) is 21.8 Å². The molecule has 0 amide bonds. The molecule has 1 heterocycles. The van der Waals surface area contributed by atoms with E-state index in [0.29, 0.717) is 6.54 Å². The van der Waals surface area contributed by atoms with Crippen LogP contribution in [0.5, 0.6) is 0 Å². The van der Waals surface area contributed by atoms with Crippen LogP contribution in [0.15, 0.2) is 48.5 Å². The fourth-order valence-electron chi connectivity index (χ4n) is 3.41. The molecule has 2 atom stereocenters. The van der Waals surface area contributed by atoms with Crippen LogP contribution in [0.4, 0.5) is 0 Å². The van der Waals surface area contributed by atoms with Crippen molar-refractivity contribution in [1.29, 1.82) is 0 Å². The SMILES string of the molecule is O=C([O-])CC[C@@H]([NH2+]C[C@@H](O)Cn1c2ccccc2c2ccccc21)C(=O)[O-]. The van der Waals surface area contributed by atoms with E-state index in [9.17, 15) is 24.9 Å². The summed E-state index contributed by atoms with van der Waals surface area (Å²) < 4.78 is 2.01. The van der Waals surface area contributed by atoms with Gasteiger partial charge in [0.2, 0.25) is 0 Å². The van der Waals surface area contributed by atoms with Gasteiger partial charge < -0.3 is 34.8 Å². The van der Waals surface area contributed by atoms with Gasteiger partial charge in [0.25, 0.3) is 0 Å². The molecule has 0 bridgehead atoms. The predicted molar refractivity (Wildman–Crippen MR) is 95.3 cm³/mol. The van der Waals surface area contributed by atoms with E-state index in [2.05, 4.69) is 0 Å². The molecule has 142 valence electrons. The molecule has 27 heavy (non-hydrogen) atoms. The summed E-state index contributed by atoms with van der Waals surface area (Å²) in [5, 5.41) is 35.7. The molecule has 0 aliphatic heterocycles. The highest BCUT2D eigenvalue weighted by Gasteiger charge is 2.18. The molecular formula is C20H21N2O5-. The molecule has 0 spiro atoms. The van der Waals surface area contributed by atoms with E-state index >= 15 is 0 Å². The number of hydrogen-bond acceptors (Lipinski definition) is 5. The number of carbonyl (C=O) groups excluding carboxylic acids is 2. The molecule has 7 heteroatoms. The number of carboxylic acid groups (broad SMARTS) is 2. The quantitative estimate of drug-likeness (QED) is 0.469. The highest BCUT2D eigenvalue weighted by Crippen LogP contribution is 2.28. The lowest BCUT2D eigenvalue weighted by Crippen LogP contribution is -2.94. The van der Waals surface area contributed by atoms with Crippen LogP contribution in [0.2, 0.25) is 0 Å². The van der Waals surface area contributed by atoms with E-state index in [1.54, 1.807) is 0 Å². The van der Waals surface area contributed by atoms with Gasteiger partial charge in [0.15, 0.2) is 0 Å². The zero-order valence-corrected chi connectivity index (χ0v) is 14.7. The van der Waals surface area contributed by atoms with E-state index in [1.165, 1.54) is 5.32 Å². The summed E-state index contributed by atoms with van der Waals surface area (Å²) in [7, 11) is 0. The van der Waals surface area contributed by atoms with Gasteiger partial charge in [-0.15, -0.1) is 0 Å². The van der Waals surface area contributed by atoms with Crippen molar-refractivity contribution < 1.29 is 30.2 Å². The number of rotatable bonds is 9. The molecular weight excluding hydrogens is 348 g/mol. The van der Waals surface area contributed by atoms with Crippen molar-refractivity contribution >= 4 is 33.7 Å². The molecule has 2 aromatic carbocycles. The van der Waals surface area contributed by atoms with Crippen molar-refractivity contribution in [1.82, 2.24) is 4.57 Å². The summed E-state index contributed by atoms with van der Waals surface area (Å²) in [4.78, 5) is 21.7. The third-order valence-electron chi connectivity index (χ3n) is 4.73. The normalized spacial score (nSPS) is 13.7. The number of aliphatic hydroxyl groups is 1. The van der Waals surface area contributed by atoms with Crippen LogP contribution in [-0.4, -0.2) is 40.3 Å². The lowest BCUT2D eigenvalue weighted by Gasteiger charge is -2.19. The number of quaternary nitrogens is 1. The van der Waals surface area contributed by atoms with Crippen LogP contribution in [0, 0.1) is 0 Å². The van der Waals surface area contributed by atoms with Crippen LogP contribution in [-0.2, 0) is 16.1 Å². The first-order valence-electron chi connectivity index (χ1n) is 8.85. The molecule has 7 nitrogen and oxygen atoms in total. The number of benzene rings is 2. The van der Waals surface area contributed by atoms with Crippen LogP contribution >= 0.6 is 0 Å². The third-order valence-corrected chi connectivity index (χ3v) is 4.73. The van der Waals surface area contributed by atoms with E-state index in [0.717, 1.165) is 21.8 Å². The largest absolute Gasteiger partial charge is 0.550 e. The van der Waals surface area contributed by atoms with Gasteiger partial charge in [0, 0.05) is 34.2 Å². The topological polar surface area (TPSA) is 122 Å². The van der Waals surface area contributed by atoms with Gasteiger partial charge >= 0.3 is 0 Å². The Hall–Kier alpha value is -2.90. The van der Waals surface area contributed by atoms with Crippen LogP contribution < -0.4 is 15.5 Å². The molecule has 0 fully saturated rings. The Morgan fingerprint density at radius 3 is 2.07 bits per heavy atom. The summed E-state index contributed by atoms with van der Waals surface area (Å²) in [6.07, 6.45) is -1.28. The second-order valence-corrected chi connectivity index (χ2v) is 6.61. The minimum Gasteiger partial charge on any atom is -0.550 e. The maximum Gasteiger partial charge on any atom is 0.126 e. The number of nitrogens with two attached hydrogens (primary N) is 1. The maximum atomic E-state index is 11.1. The fourth-order valence-corrected chi connectivity index (χ4v) is 3.41. The van der Waals surface area contributed by atoms with Gasteiger partial charge in [0.05, 0.1) is 12.5 Å². The molecule has 0 unspecified atom stereocenters. The number of fused-ring (bicyclic) bond motifs is 3. The van der Waals surface area contributed by atoms with Crippen LogP contribution in [0.1, 0.15) is 12.8 Å². The van der Waals surface area contributed by atoms with Gasteiger partial charge in [-0.1, -0.05) is 36.4 Å². The van der Waals surface area contributed by atoms with Crippen molar-refractivity contribution in [3.63, 3.8) is 0 Å². The number of aromatic nitrogens is 1. The maximum absolute atomic E-state index is 11.1. The first kappa shape index (κ1) is 18.9. The number of carbonyl (C=O) groups is 2. The van der Waals surface area contributed by atoms with E-state index in [1.807, 2.05) is 53.1 Å². The molecule has 1 aromatic heterocycles. The average molecular weight is 369 g/mol. The first-order valence-corrected chi connectivity index (χ1v) is 8.85. The van der Waals surface area contributed by atoms with Crippen molar-refractivity contribution in [2.24, 2.45) is 0 Å². The van der Waals surface area contributed by atoms with Gasteiger partial charge in [0.1, 0.15) is 18.7 Å². The molecule has 0 aliphatic rings. The average Bonchev–Trinajstić information content (AvgIpc) is 2.95. The molecule has 3 aromatic rings. The predicted octanol–water partition coefficient (Wildman–Crippen LogP) is -1.63. The summed E-state index contributed by atoms with van der Waals surface area (Å²) in [5.41, 5.74) is 1.98. The van der Waals surface area contributed by atoms with Gasteiger partial charge in [-0.2, -0.15) is 0 Å². The minimum absolute atomic E-state index is 0.104. The number of nitrogens with zero attached hydrogens (tertiary/aromatic N) is 1. The smallest absolute Gasteiger partial charge is 0.126 e. The van der Waals surface area contributed by atoms with Crippen molar-refractivity contribution in [2.75, 3.05) is 6.54 Å². The van der Waals surface area contributed by atoms with Gasteiger partial charge in [-0.05, 0) is 18.6 Å². The Labute approximate surface area is 155 Å². The Balaban J connectivity index is 1.74. The molecule has 0 aliphatic carbocycles. The number of hydrogen-bond donors (Lipinski definition) is 2. The molecule has 3 N–H and O–H groups in total. The lowest BCUT2D eigenvalue weighted by molar-refractivity contribution is -0.689. The number of carboxylic acids is 2. The monoisotopic (exact) mass is 369 g/mol. The van der Waals surface area contributed by atoms with E-state index < -0.39 is 24.1 Å². The van der Waals surface area contributed by atoms with Gasteiger partial charge in [-0.25, -0.2) is 0 Å². The summed E-state index contributed by atoms with van der Waals surface area (Å²) in [5.74, 6) is -2.65. The Kier molecular flexibility index (Phi) is 5.73. The molecule has 0 saturated carbocycles.